The Labute approximate surface area is 184 Å². The van der Waals surface area contributed by atoms with Crippen LogP contribution in [0.1, 0.15) is 10.4 Å². The van der Waals surface area contributed by atoms with Gasteiger partial charge in [-0.3, -0.25) is 9.52 Å². The number of amides is 1. The summed E-state index contributed by atoms with van der Waals surface area (Å²) >= 11 is 1.16. The van der Waals surface area contributed by atoms with Crippen molar-refractivity contribution in [1.29, 1.82) is 0 Å². The number of hydrogen-bond acceptors (Lipinski definition) is 7. The van der Waals surface area contributed by atoms with E-state index in [-0.39, 0.29) is 27.0 Å². The van der Waals surface area contributed by atoms with Crippen LogP contribution in [0.4, 0.5) is 10.8 Å². The van der Waals surface area contributed by atoms with Crippen molar-refractivity contribution in [2.75, 3.05) is 16.6 Å². The monoisotopic (exact) mass is 478 g/mol. The Bertz CT molecular complexity index is 1270. The molecule has 0 atom stereocenters. The minimum absolute atomic E-state index is 0.0160. The highest BCUT2D eigenvalue weighted by molar-refractivity contribution is 7.93. The average molecular weight is 479 g/mol. The van der Waals surface area contributed by atoms with Crippen LogP contribution < -0.4 is 14.8 Å². The lowest BCUT2D eigenvalue weighted by Gasteiger charge is -2.09. The van der Waals surface area contributed by atoms with Crippen molar-refractivity contribution >= 4 is 48.1 Å². The van der Waals surface area contributed by atoms with Gasteiger partial charge in [0.2, 0.25) is 10.0 Å². The number of thiazole rings is 1. The maximum Gasteiger partial charge on any atom is 0.263 e. The van der Waals surface area contributed by atoms with E-state index in [9.17, 15) is 21.6 Å². The van der Waals surface area contributed by atoms with Crippen molar-refractivity contribution in [1.82, 2.24) is 9.71 Å². The summed E-state index contributed by atoms with van der Waals surface area (Å²) in [6.45, 7) is 3.54. The highest BCUT2D eigenvalue weighted by atomic mass is 32.2. The van der Waals surface area contributed by atoms with Gasteiger partial charge >= 0.3 is 0 Å². The third-order valence-electron chi connectivity index (χ3n) is 3.92. The molecule has 12 heteroatoms. The van der Waals surface area contributed by atoms with E-state index in [4.69, 9.17) is 0 Å². The van der Waals surface area contributed by atoms with Crippen LogP contribution >= 0.6 is 11.3 Å². The maximum absolute atomic E-state index is 12.4. The van der Waals surface area contributed by atoms with Crippen LogP contribution in [0.3, 0.4) is 0 Å². The second-order valence-corrected chi connectivity index (χ2v) is 10.4. The number of sulfonamides is 2. The minimum Gasteiger partial charge on any atom is -0.322 e. The van der Waals surface area contributed by atoms with E-state index in [0.717, 1.165) is 11.3 Å². The minimum atomic E-state index is -3.79. The number of carbonyl (C=O) groups is 1. The smallest absolute Gasteiger partial charge is 0.263 e. The van der Waals surface area contributed by atoms with Crippen molar-refractivity contribution in [2.24, 2.45) is 0 Å². The summed E-state index contributed by atoms with van der Waals surface area (Å²) in [4.78, 5) is 16.3. The van der Waals surface area contributed by atoms with E-state index < -0.39 is 26.0 Å². The predicted molar refractivity (Wildman–Crippen MR) is 119 cm³/mol. The quantitative estimate of drug-likeness (QED) is 0.405. The lowest BCUT2D eigenvalue weighted by atomic mass is 10.2. The number of nitrogens with zero attached hydrogens (tertiary/aromatic N) is 1. The maximum atomic E-state index is 12.4. The molecule has 1 amide bonds. The number of hydrogen-bond donors (Lipinski definition) is 3. The number of benzene rings is 2. The molecule has 0 aliphatic rings. The molecule has 31 heavy (non-hydrogen) atoms. The van der Waals surface area contributed by atoms with E-state index in [0.29, 0.717) is 5.69 Å². The fourth-order valence-electron chi connectivity index (χ4n) is 2.41. The van der Waals surface area contributed by atoms with Crippen molar-refractivity contribution in [2.45, 2.75) is 9.79 Å². The molecule has 0 bridgehead atoms. The van der Waals surface area contributed by atoms with Crippen LogP contribution in [-0.2, 0) is 20.0 Å². The van der Waals surface area contributed by atoms with Crippen molar-refractivity contribution < 1.29 is 21.6 Å². The predicted octanol–water partition coefficient (Wildman–Crippen LogP) is 2.66. The molecule has 9 nitrogen and oxygen atoms in total. The molecule has 2 aromatic carbocycles. The zero-order valence-electron chi connectivity index (χ0n) is 16.0. The van der Waals surface area contributed by atoms with Crippen LogP contribution in [0.5, 0.6) is 0 Å². The topological polar surface area (TPSA) is 134 Å². The zero-order valence-corrected chi connectivity index (χ0v) is 18.4. The van der Waals surface area contributed by atoms with Gasteiger partial charge in [0.25, 0.3) is 15.9 Å². The van der Waals surface area contributed by atoms with Gasteiger partial charge in [-0.15, -0.1) is 17.9 Å². The lowest BCUT2D eigenvalue weighted by Crippen LogP contribution is -2.23. The number of rotatable bonds is 9. The molecule has 0 aliphatic carbocycles. The Kier molecular flexibility index (Phi) is 6.85. The Morgan fingerprint density at radius 2 is 1.58 bits per heavy atom. The van der Waals surface area contributed by atoms with E-state index in [1.165, 1.54) is 60.8 Å². The van der Waals surface area contributed by atoms with E-state index in [1.54, 1.807) is 5.38 Å². The molecule has 1 aromatic heterocycles. The van der Waals surface area contributed by atoms with Gasteiger partial charge in [0.05, 0.1) is 9.79 Å². The molecule has 0 saturated carbocycles. The molecule has 0 saturated heterocycles. The Hall–Kier alpha value is -3.06. The zero-order chi connectivity index (χ0) is 22.5. The average Bonchev–Trinajstić information content (AvgIpc) is 3.25. The van der Waals surface area contributed by atoms with Gasteiger partial charge in [-0.05, 0) is 48.5 Å². The molecule has 3 N–H and O–H groups in total. The number of carbonyl (C=O) groups excluding carboxylic acids is 1. The van der Waals surface area contributed by atoms with Crippen LogP contribution in [0.15, 0.2) is 82.6 Å². The second-order valence-electron chi connectivity index (χ2n) is 6.09. The summed E-state index contributed by atoms with van der Waals surface area (Å²) in [5.74, 6) is -0.473. The highest BCUT2D eigenvalue weighted by Gasteiger charge is 2.16. The molecule has 3 aromatic rings. The molecular weight excluding hydrogens is 460 g/mol. The van der Waals surface area contributed by atoms with Crippen LogP contribution in [0.25, 0.3) is 0 Å². The third-order valence-corrected chi connectivity index (χ3v) is 7.53. The summed E-state index contributed by atoms with van der Waals surface area (Å²) in [5.41, 5.74) is 0.618. The first-order valence-electron chi connectivity index (χ1n) is 8.76. The summed E-state index contributed by atoms with van der Waals surface area (Å²) < 4.78 is 53.5. The Morgan fingerprint density at radius 3 is 2.16 bits per heavy atom. The molecular formula is C19H18N4O5S3. The number of aromatic nitrogens is 1. The normalized spacial score (nSPS) is 11.6. The van der Waals surface area contributed by atoms with Gasteiger partial charge in [0.15, 0.2) is 5.13 Å². The van der Waals surface area contributed by atoms with Gasteiger partial charge in [-0.1, -0.05) is 6.08 Å². The summed E-state index contributed by atoms with van der Waals surface area (Å²) in [5, 5.41) is 4.53. The van der Waals surface area contributed by atoms with E-state index in [2.05, 4.69) is 26.3 Å². The largest absolute Gasteiger partial charge is 0.322 e. The molecule has 1 heterocycles. The van der Waals surface area contributed by atoms with Gasteiger partial charge in [-0.25, -0.2) is 26.5 Å². The molecule has 0 unspecified atom stereocenters. The Balaban J connectivity index is 1.67. The van der Waals surface area contributed by atoms with Gasteiger partial charge in [-0.2, -0.15) is 0 Å². The molecule has 162 valence electrons. The SMILES string of the molecule is C=CCNS(=O)(=O)c1ccc(C(=O)Nc2ccc(S(=O)(=O)Nc3nccs3)cc2)cc1. The fourth-order valence-corrected chi connectivity index (χ4v) is 5.19. The summed E-state index contributed by atoms with van der Waals surface area (Å²) in [6, 6.07) is 11.0. The summed E-state index contributed by atoms with van der Waals surface area (Å²) in [7, 11) is -7.47. The van der Waals surface area contributed by atoms with Gasteiger partial charge < -0.3 is 5.32 Å². The fraction of sp³-hybridized carbons (Fsp3) is 0.0526. The highest BCUT2D eigenvalue weighted by Crippen LogP contribution is 2.20. The molecule has 0 radical (unpaired) electrons. The van der Waals surface area contributed by atoms with E-state index >= 15 is 0 Å². The Morgan fingerprint density at radius 1 is 0.968 bits per heavy atom. The van der Waals surface area contributed by atoms with Gasteiger partial charge in [0.1, 0.15) is 0 Å². The van der Waals surface area contributed by atoms with Crippen LogP contribution in [0, 0.1) is 0 Å². The van der Waals surface area contributed by atoms with Crippen LogP contribution in [-0.4, -0.2) is 34.3 Å². The first-order chi connectivity index (χ1) is 14.7. The van der Waals surface area contributed by atoms with Crippen molar-refractivity contribution in [3.63, 3.8) is 0 Å². The van der Waals surface area contributed by atoms with Crippen molar-refractivity contribution in [3.05, 3.63) is 78.3 Å². The standard InChI is InChI=1S/C19H18N4O5S3/c1-2-11-21-30(25,26)16-7-3-14(4-8-16)18(24)22-15-5-9-17(10-6-15)31(27,28)23-19-20-12-13-29-19/h2-10,12-13,21H,1,11H2,(H,20,23)(H,22,24). The molecule has 3 rings (SSSR count). The lowest BCUT2D eigenvalue weighted by molar-refractivity contribution is 0.102. The van der Waals surface area contributed by atoms with Gasteiger partial charge in [0, 0.05) is 29.4 Å². The molecule has 0 aliphatic heterocycles. The second kappa shape index (κ2) is 9.39. The van der Waals surface area contributed by atoms with Crippen LogP contribution in [0.2, 0.25) is 0 Å². The first-order valence-corrected chi connectivity index (χ1v) is 12.6. The number of nitrogens with one attached hydrogen (secondary N) is 3. The van der Waals surface area contributed by atoms with Crippen molar-refractivity contribution in [3.8, 4) is 0 Å². The van der Waals surface area contributed by atoms with E-state index in [1.807, 2.05) is 0 Å². The molecule has 0 spiro atoms. The summed E-state index contributed by atoms with van der Waals surface area (Å²) in [6.07, 6.45) is 2.91. The first kappa shape index (κ1) is 22.6. The third kappa shape index (κ3) is 5.76. The number of anilines is 2. The molecule has 0 fully saturated rings.